The molecule has 1 saturated carbocycles. The first-order chi connectivity index (χ1) is 11.7. The summed E-state index contributed by atoms with van der Waals surface area (Å²) in [6, 6.07) is 7.66. The van der Waals surface area contributed by atoms with Crippen molar-refractivity contribution in [1.82, 2.24) is 19.9 Å². The number of hydrogen-bond donors (Lipinski definition) is 2. The summed E-state index contributed by atoms with van der Waals surface area (Å²) >= 11 is 5.20. The van der Waals surface area contributed by atoms with Crippen LogP contribution in [0, 0.1) is 4.77 Å². The Bertz CT molecular complexity index is 1010. The third-order valence-electron chi connectivity index (χ3n) is 4.27. The molecule has 6 nitrogen and oxygen atoms in total. The summed E-state index contributed by atoms with van der Waals surface area (Å²) < 4.78 is 6.47. The van der Waals surface area contributed by atoms with Crippen molar-refractivity contribution in [3.05, 3.63) is 45.7 Å². The van der Waals surface area contributed by atoms with E-state index in [1.54, 1.807) is 0 Å². The molecular weight excluding hydrogens is 324 g/mol. The molecule has 0 bridgehead atoms. The number of fused-ring (bicyclic) bond motifs is 1. The van der Waals surface area contributed by atoms with Gasteiger partial charge in [-0.05, 0) is 50.0 Å². The van der Waals surface area contributed by atoms with E-state index in [9.17, 15) is 4.79 Å². The van der Waals surface area contributed by atoms with Crippen LogP contribution in [0.15, 0.2) is 35.4 Å². The summed E-state index contributed by atoms with van der Waals surface area (Å²) in [6.45, 7) is 0. The highest BCUT2D eigenvalue weighted by Gasteiger charge is 2.20. The minimum absolute atomic E-state index is 0.221. The van der Waals surface area contributed by atoms with Gasteiger partial charge in [0, 0.05) is 5.56 Å². The van der Waals surface area contributed by atoms with Crippen molar-refractivity contribution in [2.75, 3.05) is 0 Å². The predicted octanol–water partition coefficient (Wildman–Crippen LogP) is 3.36. The van der Waals surface area contributed by atoms with E-state index in [-0.39, 0.29) is 16.4 Å². The maximum absolute atomic E-state index is 12.3. The summed E-state index contributed by atoms with van der Waals surface area (Å²) in [4.78, 5) is 26.2. The average Bonchev–Trinajstić information content (AvgIpc) is 3.08. The zero-order chi connectivity index (χ0) is 16.5. The standard InChI is InChI=1S/C17H16N4O2S/c22-16-13-14(20-17(24)21-15(13)18-9-19-16)11-7-3-4-8-12(11)23-10-5-1-2-6-10/h3-4,7-10H,1-2,5-6H2,(H2,18,19,20,21,22,24). The minimum Gasteiger partial charge on any atom is -0.490 e. The van der Waals surface area contributed by atoms with Gasteiger partial charge in [-0.3, -0.25) is 4.79 Å². The number of H-pyrrole nitrogens is 2. The van der Waals surface area contributed by atoms with E-state index >= 15 is 0 Å². The lowest BCUT2D eigenvalue weighted by Gasteiger charge is -2.17. The third-order valence-corrected chi connectivity index (χ3v) is 4.47. The van der Waals surface area contributed by atoms with Crippen molar-refractivity contribution >= 4 is 23.3 Å². The zero-order valence-electron chi connectivity index (χ0n) is 12.9. The minimum atomic E-state index is -0.260. The quantitative estimate of drug-likeness (QED) is 0.714. The first-order valence-corrected chi connectivity index (χ1v) is 8.37. The molecule has 2 N–H and O–H groups in total. The number of para-hydroxylation sites is 1. The van der Waals surface area contributed by atoms with Gasteiger partial charge in [0.2, 0.25) is 0 Å². The lowest BCUT2D eigenvalue weighted by atomic mass is 10.1. The highest BCUT2D eigenvalue weighted by molar-refractivity contribution is 7.71. The van der Waals surface area contributed by atoms with E-state index < -0.39 is 0 Å². The van der Waals surface area contributed by atoms with E-state index in [0.717, 1.165) is 24.2 Å². The molecule has 122 valence electrons. The molecule has 2 heterocycles. The van der Waals surface area contributed by atoms with Crippen LogP contribution in [0.5, 0.6) is 5.75 Å². The first kappa shape index (κ1) is 15.0. The molecule has 0 radical (unpaired) electrons. The molecule has 3 aromatic rings. The third kappa shape index (κ3) is 2.71. The number of aromatic amines is 2. The maximum atomic E-state index is 12.3. The molecule has 1 aromatic carbocycles. The molecule has 1 aliphatic rings. The van der Waals surface area contributed by atoms with Gasteiger partial charge in [0.1, 0.15) is 11.1 Å². The van der Waals surface area contributed by atoms with E-state index in [2.05, 4.69) is 19.9 Å². The normalized spacial score (nSPS) is 15.0. The summed E-state index contributed by atoms with van der Waals surface area (Å²) in [5.41, 5.74) is 1.45. The summed E-state index contributed by atoms with van der Waals surface area (Å²) in [6.07, 6.45) is 6.05. The fourth-order valence-electron chi connectivity index (χ4n) is 3.16. The van der Waals surface area contributed by atoms with Crippen molar-refractivity contribution in [2.45, 2.75) is 31.8 Å². The largest absolute Gasteiger partial charge is 0.490 e. The number of hydrogen-bond acceptors (Lipinski definition) is 5. The second-order valence-corrected chi connectivity index (χ2v) is 6.25. The van der Waals surface area contributed by atoms with E-state index in [0.29, 0.717) is 16.7 Å². The SMILES string of the molecule is O=c1[nH]cnc2nc(=S)[nH]c(-c3ccccc3OC3CCCC3)c12. The molecule has 0 aliphatic heterocycles. The number of rotatable bonds is 3. The lowest BCUT2D eigenvalue weighted by molar-refractivity contribution is 0.211. The fraction of sp³-hybridized carbons (Fsp3) is 0.294. The predicted molar refractivity (Wildman–Crippen MR) is 93.7 cm³/mol. The van der Waals surface area contributed by atoms with Crippen LogP contribution in [0.3, 0.4) is 0 Å². The number of nitrogens with one attached hydrogen (secondary N) is 2. The van der Waals surface area contributed by atoms with Crippen molar-refractivity contribution in [3.63, 3.8) is 0 Å². The molecule has 1 fully saturated rings. The van der Waals surface area contributed by atoms with Crippen LogP contribution >= 0.6 is 12.2 Å². The van der Waals surface area contributed by atoms with Crippen LogP contribution in [0.25, 0.3) is 22.3 Å². The summed E-state index contributed by atoms with van der Waals surface area (Å²) in [7, 11) is 0. The number of ether oxygens (including phenoxy) is 1. The Balaban J connectivity index is 1.92. The fourth-order valence-corrected chi connectivity index (χ4v) is 3.35. The van der Waals surface area contributed by atoms with Crippen molar-refractivity contribution in [3.8, 4) is 17.0 Å². The van der Waals surface area contributed by atoms with Crippen molar-refractivity contribution in [2.24, 2.45) is 0 Å². The van der Waals surface area contributed by atoms with Gasteiger partial charge in [-0.1, -0.05) is 12.1 Å². The van der Waals surface area contributed by atoms with Crippen molar-refractivity contribution < 1.29 is 4.74 Å². The van der Waals surface area contributed by atoms with Crippen LogP contribution in [-0.4, -0.2) is 26.0 Å². The molecule has 0 unspecified atom stereocenters. The lowest BCUT2D eigenvalue weighted by Crippen LogP contribution is -2.13. The van der Waals surface area contributed by atoms with Gasteiger partial charge in [-0.15, -0.1) is 0 Å². The van der Waals surface area contributed by atoms with Gasteiger partial charge in [-0.25, -0.2) is 4.98 Å². The summed E-state index contributed by atoms with van der Waals surface area (Å²) in [5.74, 6) is 0.741. The smallest absolute Gasteiger partial charge is 0.262 e. The van der Waals surface area contributed by atoms with E-state index in [1.807, 2.05) is 24.3 Å². The van der Waals surface area contributed by atoms with Gasteiger partial charge in [0.25, 0.3) is 5.56 Å². The van der Waals surface area contributed by atoms with Crippen molar-refractivity contribution in [1.29, 1.82) is 0 Å². The molecular formula is C17H16N4O2S. The van der Waals surface area contributed by atoms with Gasteiger partial charge in [0.05, 0.1) is 18.1 Å². The molecule has 1 aliphatic carbocycles. The highest BCUT2D eigenvalue weighted by atomic mass is 32.1. The Morgan fingerprint density at radius 1 is 1.21 bits per heavy atom. The second kappa shape index (κ2) is 6.16. The molecule has 7 heteroatoms. The Labute approximate surface area is 143 Å². The topological polar surface area (TPSA) is 83.7 Å². The van der Waals surface area contributed by atoms with Gasteiger partial charge < -0.3 is 14.7 Å². The molecule has 0 saturated heterocycles. The second-order valence-electron chi connectivity index (χ2n) is 5.87. The average molecular weight is 340 g/mol. The maximum Gasteiger partial charge on any atom is 0.262 e. The zero-order valence-corrected chi connectivity index (χ0v) is 13.7. The first-order valence-electron chi connectivity index (χ1n) is 7.96. The van der Waals surface area contributed by atoms with Crippen LogP contribution < -0.4 is 10.3 Å². The molecule has 0 spiro atoms. The Morgan fingerprint density at radius 3 is 2.83 bits per heavy atom. The van der Waals surface area contributed by atoms with Crippen LogP contribution in [0.4, 0.5) is 0 Å². The van der Waals surface area contributed by atoms with E-state index in [1.165, 1.54) is 19.2 Å². The molecule has 0 atom stereocenters. The van der Waals surface area contributed by atoms with Crippen LogP contribution in [0.2, 0.25) is 0 Å². The Morgan fingerprint density at radius 2 is 2.00 bits per heavy atom. The van der Waals surface area contributed by atoms with Gasteiger partial charge in [-0.2, -0.15) is 4.98 Å². The van der Waals surface area contributed by atoms with E-state index in [4.69, 9.17) is 17.0 Å². The molecule has 0 amide bonds. The molecule has 2 aromatic heterocycles. The number of aromatic nitrogens is 4. The Hall–Kier alpha value is -2.54. The van der Waals surface area contributed by atoms with Crippen LogP contribution in [0.1, 0.15) is 25.7 Å². The van der Waals surface area contributed by atoms with Crippen LogP contribution in [-0.2, 0) is 0 Å². The monoisotopic (exact) mass is 340 g/mol. The number of benzene rings is 1. The molecule has 4 rings (SSSR count). The van der Waals surface area contributed by atoms with Gasteiger partial charge >= 0.3 is 0 Å². The highest BCUT2D eigenvalue weighted by Crippen LogP contribution is 2.33. The molecule has 24 heavy (non-hydrogen) atoms. The number of nitrogens with zero attached hydrogens (tertiary/aromatic N) is 2. The summed E-state index contributed by atoms with van der Waals surface area (Å²) in [5, 5.41) is 0.383. The van der Waals surface area contributed by atoms with Gasteiger partial charge in [0.15, 0.2) is 10.4 Å². The Kier molecular flexibility index (Phi) is 3.86.